The average molecular weight is 393 g/mol. The molecule has 6 heteroatoms. The quantitative estimate of drug-likeness (QED) is 0.481. The molecule has 0 radical (unpaired) electrons. The number of halogens is 1. The third-order valence-corrected chi connectivity index (χ3v) is 5.15. The first-order chi connectivity index (χ1) is 13.6. The first-order valence-electron chi connectivity index (χ1n) is 9.41. The van der Waals surface area contributed by atoms with Crippen LogP contribution in [0.2, 0.25) is 5.02 Å². The highest BCUT2D eigenvalue weighted by Gasteiger charge is 2.17. The summed E-state index contributed by atoms with van der Waals surface area (Å²) in [6.07, 6.45) is 2.04. The lowest BCUT2D eigenvalue weighted by Crippen LogP contribution is -2.13. The van der Waals surface area contributed by atoms with E-state index in [0.29, 0.717) is 16.4 Å². The third-order valence-electron chi connectivity index (χ3n) is 4.82. The second kappa shape index (κ2) is 7.60. The van der Waals surface area contributed by atoms with Gasteiger partial charge in [-0.05, 0) is 37.1 Å². The first-order valence-corrected chi connectivity index (χ1v) is 9.79. The van der Waals surface area contributed by atoms with Gasteiger partial charge in [0, 0.05) is 11.9 Å². The average Bonchev–Trinajstić information content (AvgIpc) is 3.02. The molecule has 0 unspecified atom stereocenters. The van der Waals surface area contributed by atoms with E-state index in [1.165, 1.54) is 0 Å². The van der Waals surface area contributed by atoms with Crippen molar-refractivity contribution >= 4 is 45.3 Å². The molecule has 4 rings (SSSR count). The summed E-state index contributed by atoms with van der Waals surface area (Å²) in [4.78, 5) is 17.6. The van der Waals surface area contributed by atoms with Crippen LogP contribution in [0.3, 0.4) is 0 Å². The maximum atomic E-state index is 12.8. The van der Waals surface area contributed by atoms with Crippen LogP contribution in [-0.2, 0) is 6.54 Å². The highest BCUT2D eigenvalue weighted by molar-refractivity contribution is 6.34. The number of unbranched alkanes of at least 4 members (excludes halogenated alkanes) is 1. The summed E-state index contributed by atoms with van der Waals surface area (Å²) in [7, 11) is 0. The van der Waals surface area contributed by atoms with Gasteiger partial charge in [-0.25, -0.2) is 9.67 Å². The number of nitrogens with zero attached hydrogens (tertiary/aromatic N) is 3. The van der Waals surface area contributed by atoms with Crippen molar-refractivity contribution < 1.29 is 4.79 Å². The molecule has 0 bridgehead atoms. The van der Waals surface area contributed by atoms with E-state index in [1.54, 1.807) is 24.3 Å². The lowest BCUT2D eigenvalue weighted by atomic mass is 10.1. The molecule has 0 fully saturated rings. The van der Waals surface area contributed by atoms with Crippen LogP contribution in [0.4, 0.5) is 5.82 Å². The second-order valence-corrected chi connectivity index (χ2v) is 7.27. The van der Waals surface area contributed by atoms with Crippen LogP contribution < -0.4 is 5.32 Å². The van der Waals surface area contributed by atoms with Crippen molar-refractivity contribution in [2.24, 2.45) is 0 Å². The van der Waals surface area contributed by atoms with Gasteiger partial charge in [0.25, 0.3) is 5.91 Å². The topological polar surface area (TPSA) is 59.8 Å². The standard InChI is InChI=1S/C22H21ClN4O/c1-3-4-12-27-21-17(13-15-9-7-8-14(2)19(15)24-21)20(26-27)25-22(28)16-10-5-6-11-18(16)23/h5-11,13H,3-4,12H2,1-2H3,(H,25,26,28). The van der Waals surface area contributed by atoms with Gasteiger partial charge in [0.15, 0.2) is 11.5 Å². The lowest BCUT2D eigenvalue weighted by molar-refractivity contribution is 0.102. The molecule has 1 amide bonds. The van der Waals surface area contributed by atoms with Crippen LogP contribution in [0.25, 0.3) is 21.9 Å². The summed E-state index contributed by atoms with van der Waals surface area (Å²) >= 11 is 6.17. The Morgan fingerprint density at radius 2 is 2.00 bits per heavy atom. The van der Waals surface area contributed by atoms with Crippen molar-refractivity contribution in [3.63, 3.8) is 0 Å². The van der Waals surface area contributed by atoms with Gasteiger partial charge in [-0.15, -0.1) is 0 Å². The van der Waals surface area contributed by atoms with Crippen LogP contribution in [0.15, 0.2) is 48.5 Å². The van der Waals surface area contributed by atoms with Crippen molar-refractivity contribution in [2.45, 2.75) is 33.2 Å². The fourth-order valence-electron chi connectivity index (χ4n) is 3.31. The van der Waals surface area contributed by atoms with E-state index in [1.807, 2.05) is 35.9 Å². The van der Waals surface area contributed by atoms with E-state index in [0.717, 1.165) is 46.9 Å². The molecule has 1 N–H and O–H groups in total. The van der Waals surface area contributed by atoms with Gasteiger partial charge in [0.05, 0.1) is 21.5 Å². The minimum Gasteiger partial charge on any atom is -0.304 e. The molecular weight excluding hydrogens is 372 g/mol. The zero-order valence-corrected chi connectivity index (χ0v) is 16.6. The number of pyridine rings is 1. The summed E-state index contributed by atoms with van der Waals surface area (Å²) in [5.41, 5.74) is 3.27. The molecule has 28 heavy (non-hydrogen) atoms. The van der Waals surface area contributed by atoms with Gasteiger partial charge < -0.3 is 5.32 Å². The Labute approximate surface area is 168 Å². The molecule has 0 aliphatic carbocycles. The number of aromatic nitrogens is 3. The Kier molecular flexibility index (Phi) is 5.01. The number of rotatable bonds is 5. The van der Waals surface area contributed by atoms with Crippen molar-refractivity contribution in [2.75, 3.05) is 5.32 Å². The number of nitrogens with one attached hydrogen (secondary N) is 1. The number of aryl methyl sites for hydroxylation is 2. The van der Waals surface area contributed by atoms with Crippen molar-refractivity contribution in [3.05, 3.63) is 64.7 Å². The van der Waals surface area contributed by atoms with Crippen LogP contribution in [0.1, 0.15) is 35.7 Å². The first kappa shape index (κ1) is 18.4. The maximum absolute atomic E-state index is 12.8. The number of para-hydroxylation sites is 1. The van der Waals surface area contributed by atoms with Gasteiger partial charge in [0.2, 0.25) is 0 Å². The Morgan fingerprint density at radius 1 is 1.18 bits per heavy atom. The molecule has 5 nitrogen and oxygen atoms in total. The predicted octanol–water partition coefficient (Wildman–Crippen LogP) is 5.60. The largest absolute Gasteiger partial charge is 0.304 e. The second-order valence-electron chi connectivity index (χ2n) is 6.87. The van der Waals surface area contributed by atoms with Gasteiger partial charge in [0.1, 0.15) is 0 Å². The summed E-state index contributed by atoms with van der Waals surface area (Å²) in [5, 5.41) is 9.84. The van der Waals surface area contributed by atoms with Crippen LogP contribution in [-0.4, -0.2) is 20.7 Å². The van der Waals surface area contributed by atoms with E-state index >= 15 is 0 Å². The number of carbonyl (C=O) groups is 1. The third kappa shape index (κ3) is 3.34. The Morgan fingerprint density at radius 3 is 2.79 bits per heavy atom. The van der Waals surface area contributed by atoms with Crippen LogP contribution in [0.5, 0.6) is 0 Å². The Balaban J connectivity index is 1.83. The molecule has 0 atom stereocenters. The number of carbonyl (C=O) groups excluding carboxylic acids is 1. The van der Waals surface area contributed by atoms with Crippen LogP contribution >= 0.6 is 11.6 Å². The van der Waals surface area contributed by atoms with Gasteiger partial charge in [-0.2, -0.15) is 5.10 Å². The van der Waals surface area contributed by atoms with E-state index < -0.39 is 0 Å². The molecule has 142 valence electrons. The maximum Gasteiger partial charge on any atom is 0.258 e. The number of anilines is 1. The highest BCUT2D eigenvalue weighted by Crippen LogP contribution is 2.28. The smallest absolute Gasteiger partial charge is 0.258 e. The minimum absolute atomic E-state index is 0.281. The molecule has 0 saturated heterocycles. The van der Waals surface area contributed by atoms with Crippen molar-refractivity contribution in [1.29, 1.82) is 0 Å². The molecule has 4 aromatic rings. The SMILES string of the molecule is CCCCn1nc(NC(=O)c2ccccc2Cl)c2cc3cccc(C)c3nc21. The Bertz CT molecular complexity index is 1180. The highest BCUT2D eigenvalue weighted by atomic mass is 35.5. The fraction of sp³-hybridized carbons (Fsp3) is 0.227. The number of hydrogen-bond acceptors (Lipinski definition) is 3. The normalized spacial score (nSPS) is 11.2. The summed E-state index contributed by atoms with van der Waals surface area (Å²) in [5.74, 6) is 0.226. The fourth-order valence-corrected chi connectivity index (χ4v) is 3.53. The van der Waals surface area contributed by atoms with Gasteiger partial charge in [-0.3, -0.25) is 4.79 Å². The van der Waals surface area contributed by atoms with Gasteiger partial charge >= 0.3 is 0 Å². The van der Waals surface area contributed by atoms with E-state index in [-0.39, 0.29) is 5.91 Å². The zero-order chi connectivity index (χ0) is 19.7. The zero-order valence-electron chi connectivity index (χ0n) is 15.9. The molecule has 2 aromatic heterocycles. The monoisotopic (exact) mass is 392 g/mol. The summed E-state index contributed by atoms with van der Waals surface area (Å²) in [6.45, 7) is 4.94. The number of benzene rings is 2. The minimum atomic E-state index is -0.281. The predicted molar refractivity (Wildman–Crippen MR) is 114 cm³/mol. The molecule has 0 aliphatic heterocycles. The van der Waals surface area contributed by atoms with E-state index in [2.05, 4.69) is 17.3 Å². The molecular formula is C22H21ClN4O. The lowest BCUT2D eigenvalue weighted by Gasteiger charge is -2.05. The number of amides is 1. The molecule has 2 heterocycles. The van der Waals surface area contributed by atoms with E-state index in [4.69, 9.17) is 16.6 Å². The number of fused-ring (bicyclic) bond motifs is 2. The molecule has 0 saturated carbocycles. The summed E-state index contributed by atoms with van der Waals surface area (Å²) in [6, 6.07) is 15.1. The number of hydrogen-bond donors (Lipinski definition) is 1. The Hall–Kier alpha value is -2.92. The van der Waals surface area contributed by atoms with Crippen LogP contribution in [0, 0.1) is 6.92 Å². The molecule has 2 aromatic carbocycles. The van der Waals surface area contributed by atoms with Crippen molar-refractivity contribution in [3.8, 4) is 0 Å². The van der Waals surface area contributed by atoms with E-state index in [9.17, 15) is 4.79 Å². The van der Waals surface area contributed by atoms with Gasteiger partial charge in [-0.1, -0.05) is 55.3 Å². The summed E-state index contributed by atoms with van der Waals surface area (Å²) < 4.78 is 1.88. The molecule has 0 aliphatic rings. The molecule has 0 spiro atoms. The van der Waals surface area contributed by atoms with Crippen molar-refractivity contribution in [1.82, 2.24) is 14.8 Å².